The van der Waals surface area contributed by atoms with Crippen molar-refractivity contribution in [1.82, 2.24) is 19.1 Å². The van der Waals surface area contributed by atoms with Crippen molar-refractivity contribution in [3.63, 3.8) is 0 Å². The lowest BCUT2D eigenvalue weighted by Crippen LogP contribution is -1.96. The highest BCUT2D eigenvalue weighted by atomic mass is 32.2. The fourth-order valence-electron chi connectivity index (χ4n) is 5.91. The van der Waals surface area contributed by atoms with Gasteiger partial charge in [-0.15, -0.1) is 0 Å². The first kappa shape index (κ1) is 23.1. The van der Waals surface area contributed by atoms with Crippen molar-refractivity contribution < 1.29 is 0 Å². The highest BCUT2D eigenvalue weighted by Gasteiger charge is 2.15. The van der Waals surface area contributed by atoms with Crippen LogP contribution in [0.3, 0.4) is 0 Å². The number of fused-ring (bicyclic) bond motifs is 6. The average molecular weight is 513 g/mol. The molecule has 0 aliphatic carbocycles. The van der Waals surface area contributed by atoms with Crippen LogP contribution in [0.5, 0.6) is 0 Å². The molecule has 7 rings (SSSR count). The lowest BCUT2D eigenvalue weighted by atomic mass is 10.0. The molecule has 0 saturated carbocycles. The second-order valence-electron chi connectivity index (χ2n) is 9.61. The van der Waals surface area contributed by atoms with Gasteiger partial charge in [-0.3, -0.25) is 0 Å². The maximum absolute atomic E-state index is 4.93. The molecule has 0 radical (unpaired) electrons. The van der Waals surface area contributed by atoms with Crippen molar-refractivity contribution in [3.8, 4) is 22.5 Å². The van der Waals surface area contributed by atoms with E-state index < -0.39 is 0 Å². The summed E-state index contributed by atoms with van der Waals surface area (Å²) in [5, 5.41) is 5.93. The van der Waals surface area contributed by atoms with Gasteiger partial charge < -0.3 is 9.13 Å². The van der Waals surface area contributed by atoms with Crippen molar-refractivity contribution in [2.24, 2.45) is 0 Å². The van der Waals surface area contributed by atoms with E-state index in [-0.39, 0.29) is 0 Å². The minimum atomic E-state index is 0.782. The van der Waals surface area contributed by atoms with Gasteiger partial charge in [-0.05, 0) is 50.4 Å². The molecule has 0 fully saturated rings. The zero-order chi connectivity index (χ0) is 25.8. The number of para-hydroxylation sites is 2. The number of hydrogen-bond acceptors (Lipinski definition) is 3. The molecule has 186 valence electrons. The van der Waals surface area contributed by atoms with Crippen LogP contribution in [0.2, 0.25) is 0 Å². The molecule has 4 nitrogen and oxygen atoms in total. The molecule has 0 amide bonds. The van der Waals surface area contributed by atoms with Crippen molar-refractivity contribution in [2.75, 3.05) is 6.26 Å². The first-order valence-electron chi connectivity index (χ1n) is 13.2. The Morgan fingerprint density at radius 2 is 1.00 bits per heavy atom. The van der Waals surface area contributed by atoms with Crippen molar-refractivity contribution in [1.29, 1.82) is 0 Å². The van der Waals surface area contributed by atoms with Gasteiger partial charge in [-0.2, -0.15) is 0 Å². The van der Waals surface area contributed by atoms with Crippen LogP contribution < -0.4 is 0 Å². The van der Waals surface area contributed by atoms with Crippen molar-refractivity contribution in [2.45, 2.75) is 32.1 Å². The number of thioether (sulfide) groups is 1. The van der Waals surface area contributed by atoms with Crippen molar-refractivity contribution in [3.05, 3.63) is 91.0 Å². The molecular weight excluding hydrogens is 484 g/mol. The molecule has 0 saturated heterocycles. The van der Waals surface area contributed by atoms with E-state index in [1.807, 2.05) is 6.26 Å². The summed E-state index contributed by atoms with van der Waals surface area (Å²) in [6.45, 7) is 6.26. The molecule has 0 bridgehead atoms. The van der Waals surface area contributed by atoms with Crippen LogP contribution in [-0.2, 0) is 13.1 Å². The minimum absolute atomic E-state index is 0.782. The van der Waals surface area contributed by atoms with Crippen LogP contribution in [0.1, 0.15) is 13.8 Å². The molecule has 0 spiro atoms. The summed E-state index contributed by atoms with van der Waals surface area (Å²) in [7, 11) is 0. The molecule has 7 aromatic rings. The normalized spacial score (nSPS) is 11.9. The molecule has 0 unspecified atom stereocenters. The maximum atomic E-state index is 4.93. The van der Waals surface area contributed by atoms with Crippen LogP contribution in [0.25, 0.3) is 66.1 Å². The number of aryl methyl sites for hydroxylation is 2. The summed E-state index contributed by atoms with van der Waals surface area (Å²) in [5.74, 6) is 0. The lowest BCUT2D eigenvalue weighted by Gasteiger charge is -2.10. The third-order valence-electron chi connectivity index (χ3n) is 7.66. The van der Waals surface area contributed by atoms with E-state index in [1.54, 1.807) is 11.8 Å². The molecule has 3 heterocycles. The third-order valence-corrected chi connectivity index (χ3v) is 8.21. The monoisotopic (exact) mass is 512 g/mol. The van der Waals surface area contributed by atoms with Gasteiger partial charge in [0.25, 0.3) is 0 Å². The van der Waals surface area contributed by atoms with Gasteiger partial charge in [-0.25, -0.2) is 9.97 Å². The predicted molar refractivity (Wildman–Crippen MR) is 162 cm³/mol. The van der Waals surface area contributed by atoms with Crippen LogP contribution in [0.4, 0.5) is 0 Å². The number of hydrogen-bond donors (Lipinski definition) is 0. The molecule has 3 aromatic heterocycles. The second kappa shape index (κ2) is 9.03. The molecule has 0 atom stereocenters. The standard InChI is InChI=1S/C33H28N4S/c1-4-36-29-12-8-6-10-23(29)25-16-14-21(18-31(25)36)27-20-28(35-33(34-27)38-3)22-15-17-26-24-11-7-9-13-30(24)37(5-2)32(26)19-22/h6-20H,4-5H2,1-3H3. The Morgan fingerprint density at radius 3 is 1.45 bits per heavy atom. The molecule has 5 heteroatoms. The Hall–Kier alpha value is -4.09. The van der Waals surface area contributed by atoms with Gasteiger partial charge in [-0.1, -0.05) is 72.4 Å². The van der Waals surface area contributed by atoms with Gasteiger partial charge in [0, 0.05) is 67.8 Å². The fraction of sp³-hybridized carbons (Fsp3) is 0.152. The molecule has 0 N–H and O–H groups in total. The first-order chi connectivity index (χ1) is 18.7. The van der Waals surface area contributed by atoms with Gasteiger partial charge in [0.05, 0.1) is 11.4 Å². The molecule has 0 aliphatic rings. The second-order valence-corrected chi connectivity index (χ2v) is 10.4. The van der Waals surface area contributed by atoms with E-state index in [0.717, 1.165) is 40.8 Å². The largest absolute Gasteiger partial charge is 0.341 e. The average Bonchev–Trinajstić information content (AvgIpc) is 3.48. The molecular formula is C33H28N4S. The van der Waals surface area contributed by atoms with Crippen LogP contribution in [-0.4, -0.2) is 25.4 Å². The number of benzene rings is 4. The van der Waals surface area contributed by atoms with Crippen molar-refractivity contribution >= 4 is 55.4 Å². The van der Waals surface area contributed by atoms with Gasteiger partial charge in [0.15, 0.2) is 5.16 Å². The fourth-order valence-corrected chi connectivity index (χ4v) is 6.29. The Bertz CT molecular complexity index is 1860. The molecule has 0 aliphatic heterocycles. The van der Waals surface area contributed by atoms with Gasteiger partial charge in [0.2, 0.25) is 0 Å². The highest BCUT2D eigenvalue weighted by Crippen LogP contribution is 2.35. The Kier molecular flexibility index (Phi) is 5.48. The summed E-state index contributed by atoms with van der Waals surface area (Å²) >= 11 is 1.58. The Labute approximate surface area is 225 Å². The van der Waals surface area contributed by atoms with Gasteiger partial charge >= 0.3 is 0 Å². The number of rotatable bonds is 5. The van der Waals surface area contributed by atoms with Crippen LogP contribution in [0.15, 0.2) is 96.2 Å². The topological polar surface area (TPSA) is 35.6 Å². The first-order valence-corrected chi connectivity index (χ1v) is 14.4. The predicted octanol–water partition coefficient (Wildman–Crippen LogP) is 8.79. The lowest BCUT2D eigenvalue weighted by molar-refractivity contribution is 0.827. The molecule has 4 aromatic carbocycles. The number of nitrogens with zero attached hydrogens (tertiary/aromatic N) is 4. The quantitative estimate of drug-likeness (QED) is 0.171. The SMILES string of the molecule is CCn1c2ccccc2c2ccc(-c3cc(-c4ccc5c6ccccc6n(CC)c5c4)nc(SC)n3)cc21. The van der Waals surface area contributed by atoms with Crippen LogP contribution in [0, 0.1) is 0 Å². The van der Waals surface area contributed by atoms with E-state index in [9.17, 15) is 0 Å². The highest BCUT2D eigenvalue weighted by molar-refractivity contribution is 7.98. The van der Waals surface area contributed by atoms with Gasteiger partial charge in [0.1, 0.15) is 0 Å². The van der Waals surface area contributed by atoms with E-state index >= 15 is 0 Å². The summed E-state index contributed by atoms with van der Waals surface area (Å²) in [4.78, 5) is 9.86. The Morgan fingerprint density at radius 1 is 0.553 bits per heavy atom. The summed E-state index contributed by atoms with van der Waals surface area (Å²) in [5.41, 5.74) is 9.15. The van der Waals surface area contributed by atoms with E-state index in [1.165, 1.54) is 43.6 Å². The summed E-state index contributed by atoms with van der Waals surface area (Å²) < 4.78 is 4.78. The zero-order valence-corrected chi connectivity index (χ0v) is 22.6. The Balaban J connectivity index is 1.41. The van der Waals surface area contributed by atoms with E-state index in [4.69, 9.17) is 9.97 Å². The number of aromatic nitrogens is 4. The minimum Gasteiger partial charge on any atom is -0.341 e. The van der Waals surface area contributed by atoms with E-state index in [2.05, 4.69) is 114 Å². The van der Waals surface area contributed by atoms with E-state index in [0.29, 0.717) is 0 Å². The summed E-state index contributed by atoms with van der Waals surface area (Å²) in [6, 6.07) is 32.9. The maximum Gasteiger partial charge on any atom is 0.188 e. The zero-order valence-electron chi connectivity index (χ0n) is 21.8. The van der Waals surface area contributed by atoms with Crippen LogP contribution >= 0.6 is 11.8 Å². The molecule has 38 heavy (non-hydrogen) atoms. The third kappa shape index (κ3) is 3.46. The summed E-state index contributed by atoms with van der Waals surface area (Å²) in [6.07, 6.45) is 2.04. The smallest absolute Gasteiger partial charge is 0.188 e.